The number of hydrogen-bond acceptors (Lipinski definition) is 5. The summed E-state index contributed by atoms with van der Waals surface area (Å²) in [6, 6.07) is 13.7. The molecule has 0 aliphatic rings. The number of pyridine rings is 2. The minimum Gasteiger partial charge on any atom is -0.394 e. The summed E-state index contributed by atoms with van der Waals surface area (Å²) >= 11 is 0. The van der Waals surface area contributed by atoms with Crippen molar-refractivity contribution in [2.75, 3.05) is 11.9 Å². The lowest BCUT2D eigenvalue weighted by Gasteiger charge is -2.18. The molecule has 0 saturated heterocycles. The third-order valence-electron chi connectivity index (χ3n) is 4.09. The maximum Gasteiger partial charge on any atom is 0.155 e. The molecule has 4 rings (SSSR count). The molecular weight excluding hydrogens is 314 g/mol. The quantitative estimate of drug-likeness (QED) is 0.523. The molecule has 1 atom stereocenters. The number of rotatable bonds is 5. The Morgan fingerprint density at radius 3 is 2.68 bits per heavy atom. The zero-order chi connectivity index (χ0) is 17.1. The van der Waals surface area contributed by atoms with Crippen LogP contribution in [0.25, 0.3) is 22.2 Å². The topological polar surface area (TPSA) is 86.7 Å². The van der Waals surface area contributed by atoms with E-state index in [2.05, 4.69) is 25.5 Å². The molecule has 0 radical (unpaired) electrons. The van der Waals surface area contributed by atoms with Crippen LogP contribution in [0.2, 0.25) is 0 Å². The van der Waals surface area contributed by atoms with Gasteiger partial charge in [0.15, 0.2) is 5.65 Å². The van der Waals surface area contributed by atoms with Gasteiger partial charge >= 0.3 is 0 Å². The molecule has 3 heterocycles. The first-order chi connectivity index (χ1) is 12.3. The number of aromatic nitrogens is 4. The molecule has 3 aromatic heterocycles. The first-order valence-electron chi connectivity index (χ1n) is 8.00. The molecule has 0 spiro atoms. The maximum absolute atomic E-state index is 9.72. The van der Waals surface area contributed by atoms with Gasteiger partial charge in [-0.25, -0.2) is 4.98 Å². The standard InChI is InChI=1S/C19H17N5O/c25-12-18(13-4-2-1-3-5-13)23-17-7-15(8-20-11-17)14-6-16-10-22-24-19(16)21-9-14/h1-11,18,23,25H,12H2,(H,21,22,24)/t18-/m0/s1. The van der Waals surface area contributed by atoms with Gasteiger partial charge in [-0.15, -0.1) is 0 Å². The molecule has 0 aliphatic heterocycles. The Kier molecular flexibility index (Phi) is 4.10. The first kappa shape index (κ1) is 15.3. The smallest absolute Gasteiger partial charge is 0.155 e. The summed E-state index contributed by atoms with van der Waals surface area (Å²) in [6.45, 7) is -0.00320. The Hall–Kier alpha value is -3.25. The molecule has 4 aromatic rings. The van der Waals surface area contributed by atoms with Crippen molar-refractivity contribution >= 4 is 16.7 Å². The average Bonchev–Trinajstić information content (AvgIpc) is 3.15. The van der Waals surface area contributed by atoms with Gasteiger partial charge in [-0.3, -0.25) is 10.1 Å². The zero-order valence-corrected chi connectivity index (χ0v) is 13.4. The Balaban J connectivity index is 1.62. The predicted molar refractivity (Wildman–Crippen MR) is 97.0 cm³/mol. The van der Waals surface area contributed by atoms with E-state index in [1.165, 1.54) is 0 Å². The van der Waals surface area contributed by atoms with E-state index in [4.69, 9.17) is 0 Å². The van der Waals surface area contributed by atoms with Gasteiger partial charge in [-0.1, -0.05) is 30.3 Å². The van der Waals surface area contributed by atoms with Crippen molar-refractivity contribution in [2.24, 2.45) is 0 Å². The van der Waals surface area contributed by atoms with Crippen LogP contribution in [0.15, 0.2) is 67.3 Å². The van der Waals surface area contributed by atoms with Gasteiger partial charge in [-0.2, -0.15) is 5.10 Å². The molecule has 6 heteroatoms. The molecule has 6 nitrogen and oxygen atoms in total. The van der Waals surface area contributed by atoms with Crippen LogP contribution in [0.5, 0.6) is 0 Å². The highest BCUT2D eigenvalue weighted by molar-refractivity contribution is 5.80. The monoisotopic (exact) mass is 331 g/mol. The van der Waals surface area contributed by atoms with Gasteiger partial charge in [0.1, 0.15) is 0 Å². The first-order valence-corrected chi connectivity index (χ1v) is 8.00. The van der Waals surface area contributed by atoms with E-state index in [0.29, 0.717) is 0 Å². The lowest BCUT2D eigenvalue weighted by atomic mass is 10.1. The van der Waals surface area contributed by atoms with Crippen molar-refractivity contribution in [1.29, 1.82) is 0 Å². The van der Waals surface area contributed by atoms with Crippen molar-refractivity contribution < 1.29 is 5.11 Å². The molecule has 0 aliphatic carbocycles. The zero-order valence-electron chi connectivity index (χ0n) is 13.4. The SMILES string of the molecule is OC[C@H](Nc1cncc(-c2cnc3[nH]ncc3c2)c1)c1ccccc1. The van der Waals surface area contributed by atoms with Gasteiger partial charge in [0.25, 0.3) is 0 Å². The number of aliphatic hydroxyl groups is 1. The van der Waals surface area contributed by atoms with Gasteiger partial charge in [-0.05, 0) is 17.7 Å². The lowest BCUT2D eigenvalue weighted by molar-refractivity contribution is 0.276. The minimum atomic E-state index is -0.187. The van der Waals surface area contributed by atoms with E-state index in [1.54, 1.807) is 24.8 Å². The van der Waals surface area contributed by atoms with Gasteiger partial charge in [0.2, 0.25) is 0 Å². The molecular formula is C19H17N5O. The van der Waals surface area contributed by atoms with E-state index in [9.17, 15) is 5.11 Å². The second kappa shape index (κ2) is 6.70. The van der Waals surface area contributed by atoms with Crippen LogP contribution in [0.1, 0.15) is 11.6 Å². The van der Waals surface area contributed by atoms with Crippen molar-refractivity contribution in [3.8, 4) is 11.1 Å². The lowest BCUT2D eigenvalue weighted by Crippen LogP contribution is -2.14. The van der Waals surface area contributed by atoms with E-state index >= 15 is 0 Å². The molecule has 0 bridgehead atoms. The largest absolute Gasteiger partial charge is 0.394 e. The molecule has 0 saturated carbocycles. The van der Waals surface area contributed by atoms with Crippen molar-refractivity contribution in [3.63, 3.8) is 0 Å². The van der Waals surface area contributed by atoms with Crippen LogP contribution in [0, 0.1) is 0 Å². The fourth-order valence-electron chi connectivity index (χ4n) is 2.79. The molecule has 25 heavy (non-hydrogen) atoms. The predicted octanol–water partition coefficient (Wildman–Crippen LogP) is 3.17. The molecule has 124 valence electrons. The molecule has 0 fully saturated rings. The van der Waals surface area contributed by atoms with Crippen LogP contribution in [0.3, 0.4) is 0 Å². The van der Waals surface area contributed by atoms with Crippen LogP contribution in [-0.2, 0) is 0 Å². The van der Waals surface area contributed by atoms with E-state index in [0.717, 1.165) is 33.4 Å². The fourth-order valence-corrected chi connectivity index (χ4v) is 2.79. The molecule has 0 unspecified atom stereocenters. The highest BCUT2D eigenvalue weighted by Crippen LogP contribution is 2.25. The number of H-pyrrole nitrogens is 1. The summed E-state index contributed by atoms with van der Waals surface area (Å²) in [6.07, 6.45) is 7.09. The summed E-state index contributed by atoms with van der Waals surface area (Å²) in [5, 5.41) is 20.8. The summed E-state index contributed by atoms with van der Waals surface area (Å²) < 4.78 is 0. The third kappa shape index (κ3) is 3.20. The summed E-state index contributed by atoms with van der Waals surface area (Å²) in [5.41, 5.74) is 4.54. The van der Waals surface area contributed by atoms with E-state index in [1.807, 2.05) is 42.5 Å². The van der Waals surface area contributed by atoms with E-state index < -0.39 is 0 Å². The fraction of sp³-hybridized carbons (Fsp3) is 0.105. The van der Waals surface area contributed by atoms with Crippen molar-refractivity contribution in [2.45, 2.75) is 6.04 Å². The van der Waals surface area contributed by atoms with Gasteiger partial charge in [0.05, 0.1) is 24.5 Å². The number of aromatic amines is 1. The van der Waals surface area contributed by atoms with Gasteiger partial charge in [0, 0.05) is 35.1 Å². The Morgan fingerprint density at radius 1 is 1.00 bits per heavy atom. The van der Waals surface area contributed by atoms with Crippen LogP contribution >= 0.6 is 0 Å². The number of nitrogens with one attached hydrogen (secondary N) is 2. The van der Waals surface area contributed by atoms with Crippen LogP contribution in [0.4, 0.5) is 5.69 Å². The summed E-state index contributed by atoms with van der Waals surface area (Å²) in [4.78, 5) is 8.68. The van der Waals surface area contributed by atoms with Crippen molar-refractivity contribution in [3.05, 3.63) is 72.8 Å². The number of aliphatic hydroxyl groups excluding tert-OH is 1. The van der Waals surface area contributed by atoms with E-state index in [-0.39, 0.29) is 12.6 Å². The number of nitrogens with zero attached hydrogens (tertiary/aromatic N) is 3. The number of fused-ring (bicyclic) bond motifs is 1. The Labute approximate surface area is 144 Å². The number of anilines is 1. The Bertz CT molecular complexity index is 983. The van der Waals surface area contributed by atoms with Crippen molar-refractivity contribution in [1.82, 2.24) is 20.2 Å². The van der Waals surface area contributed by atoms with Gasteiger partial charge < -0.3 is 10.4 Å². The third-order valence-corrected chi connectivity index (χ3v) is 4.09. The highest BCUT2D eigenvalue weighted by atomic mass is 16.3. The molecule has 1 aromatic carbocycles. The minimum absolute atomic E-state index is 0.00320. The molecule has 0 amide bonds. The maximum atomic E-state index is 9.72. The number of hydrogen-bond donors (Lipinski definition) is 3. The summed E-state index contributed by atoms with van der Waals surface area (Å²) in [5.74, 6) is 0. The normalized spacial score (nSPS) is 12.2. The molecule has 3 N–H and O–H groups in total. The summed E-state index contributed by atoms with van der Waals surface area (Å²) in [7, 11) is 0. The van der Waals surface area contributed by atoms with Crippen LogP contribution in [-0.4, -0.2) is 31.9 Å². The second-order valence-corrected chi connectivity index (χ2v) is 5.78. The Morgan fingerprint density at radius 2 is 1.84 bits per heavy atom. The number of benzene rings is 1. The second-order valence-electron chi connectivity index (χ2n) is 5.78. The van der Waals surface area contributed by atoms with Crippen LogP contribution < -0.4 is 5.32 Å². The average molecular weight is 331 g/mol. The highest BCUT2D eigenvalue weighted by Gasteiger charge is 2.11.